The minimum atomic E-state index is -0.0991. The quantitative estimate of drug-likeness (QED) is 0.855. The zero-order valence-electron chi connectivity index (χ0n) is 11.8. The number of rotatable bonds is 5. The molecule has 0 radical (unpaired) electrons. The number of hydrogen-bond donors (Lipinski definition) is 1. The van der Waals surface area contributed by atoms with Crippen LogP contribution < -0.4 is 5.32 Å². The van der Waals surface area contributed by atoms with Crippen LogP contribution in [0.15, 0.2) is 36.5 Å². The topological polar surface area (TPSA) is 42.0 Å². The van der Waals surface area contributed by atoms with E-state index in [-0.39, 0.29) is 11.3 Å². The smallest absolute Gasteiger partial charge is 0.252 e. The second-order valence-electron chi connectivity index (χ2n) is 5.31. The first-order valence-corrected chi connectivity index (χ1v) is 7.27. The van der Waals surface area contributed by atoms with Crippen LogP contribution in [-0.4, -0.2) is 22.8 Å². The number of fused-ring (bicyclic) bond motifs is 1. The molecule has 0 spiro atoms. The molecule has 0 fully saturated rings. The van der Waals surface area contributed by atoms with Gasteiger partial charge in [-0.25, -0.2) is 0 Å². The molecule has 1 N–H and O–H groups in total. The highest BCUT2D eigenvalue weighted by atomic mass is 35.5. The number of carbonyl (C=O) groups is 1. The van der Waals surface area contributed by atoms with E-state index >= 15 is 0 Å². The Morgan fingerprint density at radius 2 is 2.10 bits per heavy atom. The van der Waals surface area contributed by atoms with E-state index in [4.69, 9.17) is 11.6 Å². The Kier molecular flexibility index (Phi) is 4.96. The van der Waals surface area contributed by atoms with Crippen LogP contribution in [0.25, 0.3) is 10.9 Å². The third kappa shape index (κ3) is 3.70. The van der Waals surface area contributed by atoms with Crippen molar-refractivity contribution in [1.82, 2.24) is 10.3 Å². The van der Waals surface area contributed by atoms with Crippen LogP contribution in [0.4, 0.5) is 0 Å². The Morgan fingerprint density at radius 1 is 1.30 bits per heavy atom. The summed E-state index contributed by atoms with van der Waals surface area (Å²) in [6, 6.07) is 9.29. The predicted octanol–water partition coefficient (Wildman–Crippen LogP) is 3.62. The van der Waals surface area contributed by atoms with Gasteiger partial charge in [-0.15, -0.1) is 11.6 Å². The summed E-state index contributed by atoms with van der Waals surface area (Å²) in [7, 11) is 0. The van der Waals surface area contributed by atoms with Crippen molar-refractivity contribution in [3.05, 3.63) is 42.1 Å². The molecule has 0 aliphatic carbocycles. The second kappa shape index (κ2) is 6.71. The monoisotopic (exact) mass is 290 g/mol. The average molecular weight is 291 g/mol. The molecule has 0 bridgehead atoms. The molecule has 1 unspecified atom stereocenters. The SMILES string of the molecule is CC(C)CC(Cl)CNC(=O)c1cccc2ncccc12. The van der Waals surface area contributed by atoms with E-state index in [0.717, 1.165) is 17.3 Å². The summed E-state index contributed by atoms with van der Waals surface area (Å²) < 4.78 is 0. The van der Waals surface area contributed by atoms with E-state index in [1.165, 1.54) is 0 Å². The summed E-state index contributed by atoms with van der Waals surface area (Å²) in [5, 5.41) is 3.73. The lowest BCUT2D eigenvalue weighted by Crippen LogP contribution is -2.30. The molecular weight excluding hydrogens is 272 g/mol. The fourth-order valence-electron chi connectivity index (χ4n) is 2.19. The van der Waals surface area contributed by atoms with E-state index in [2.05, 4.69) is 24.1 Å². The number of halogens is 1. The summed E-state index contributed by atoms with van der Waals surface area (Å²) in [5.41, 5.74) is 1.47. The molecule has 20 heavy (non-hydrogen) atoms. The molecule has 0 aliphatic rings. The van der Waals surface area contributed by atoms with Crippen LogP contribution in [0.5, 0.6) is 0 Å². The number of nitrogens with one attached hydrogen (secondary N) is 1. The van der Waals surface area contributed by atoms with Gasteiger partial charge in [0.2, 0.25) is 0 Å². The lowest BCUT2D eigenvalue weighted by Gasteiger charge is -2.13. The van der Waals surface area contributed by atoms with Gasteiger partial charge >= 0.3 is 0 Å². The van der Waals surface area contributed by atoms with Gasteiger partial charge in [-0.3, -0.25) is 9.78 Å². The van der Waals surface area contributed by atoms with Crippen molar-refractivity contribution in [3.63, 3.8) is 0 Å². The molecule has 1 aromatic heterocycles. The van der Waals surface area contributed by atoms with Crippen LogP contribution in [0, 0.1) is 5.92 Å². The molecule has 1 amide bonds. The molecule has 4 heteroatoms. The van der Waals surface area contributed by atoms with E-state index in [1.54, 1.807) is 6.20 Å². The summed E-state index contributed by atoms with van der Waals surface area (Å²) >= 11 is 6.20. The van der Waals surface area contributed by atoms with Gasteiger partial charge in [0.05, 0.1) is 10.9 Å². The molecule has 0 saturated carbocycles. The van der Waals surface area contributed by atoms with E-state index in [0.29, 0.717) is 18.0 Å². The number of aromatic nitrogens is 1. The summed E-state index contributed by atoms with van der Waals surface area (Å²) in [5.74, 6) is 0.425. The molecular formula is C16H19ClN2O. The summed E-state index contributed by atoms with van der Waals surface area (Å²) in [6.07, 6.45) is 2.61. The van der Waals surface area contributed by atoms with E-state index in [9.17, 15) is 4.79 Å². The van der Waals surface area contributed by atoms with Gasteiger partial charge in [0, 0.05) is 23.7 Å². The highest BCUT2D eigenvalue weighted by molar-refractivity contribution is 6.21. The van der Waals surface area contributed by atoms with Crippen LogP contribution in [-0.2, 0) is 0 Å². The van der Waals surface area contributed by atoms with Crippen molar-refractivity contribution in [2.24, 2.45) is 5.92 Å². The molecule has 2 aromatic rings. The van der Waals surface area contributed by atoms with Crippen LogP contribution in [0.2, 0.25) is 0 Å². The Balaban J connectivity index is 2.08. The van der Waals surface area contributed by atoms with Crippen LogP contribution in [0.3, 0.4) is 0 Å². The van der Waals surface area contributed by atoms with Gasteiger partial charge < -0.3 is 5.32 Å². The van der Waals surface area contributed by atoms with Crippen molar-refractivity contribution in [2.75, 3.05) is 6.54 Å². The summed E-state index contributed by atoms with van der Waals surface area (Å²) in [4.78, 5) is 16.5. The van der Waals surface area contributed by atoms with Crippen molar-refractivity contribution >= 4 is 28.4 Å². The maximum atomic E-state index is 12.3. The fraction of sp³-hybridized carbons (Fsp3) is 0.375. The molecule has 3 nitrogen and oxygen atoms in total. The lowest BCUT2D eigenvalue weighted by atomic mass is 10.1. The fourth-order valence-corrected chi connectivity index (χ4v) is 2.63. The maximum absolute atomic E-state index is 12.3. The second-order valence-corrected chi connectivity index (χ2v) is 5.93. The number of amides is 1. The van der Waals surface area contributed by atoms with Crippen molar-refractivity contribution in [2.45, 2.75) is 25.6 Å². The number of pyridine rings is 1. The highest BCUT2D eigenvalue weighted by Gasteiger charge is 2.12. The van der Waals surface area contributed by atoms with E-state index < -0.39 is 0 Å². The Bertz CT molecular complexity index is 593. The largest absolute Gasteiger partial charge is 0.351 e. The van der Waals surface area contributed by atoms with Gasteiger partial charge in [-0.1, -0.05) is 26.0 Å². The lowest BCUT2D eigenvalue weighted by molar-refractivity contribution is 0.0954. The minimum Gasteiger partial charge on any atom is -0.351 e. The number of nitrogens with zero attached hydrogens (tertiary/aromatic N) is 1. The molecule has 2 rings (SSSR count). The molecule has 0 saturated heterocycles. The number of alkyl halides is 1. The zero-order chi connectivity index (χ0) is 14.5. The molecule has 1 heterocycles. The Hall–Kier alpha value is -1.61. The van der Waals surface area contributed by atoms with Crippen molar-refractivity contribution in [1.29, 1.82) is 0 Å². The summed E-state index contributed by atoms with van der Waals surface area (Å²) in [6.45, 7) is 4.72. The van der Waals surface area contributed by atoms with Gasteiger partial charge in [0.15, 0.2) is 0 Å². The highest BCUT2D eigenvalue weighted by Crippen LogP contribution is 2.16. The van der Waals surface area contributed by atoms with Crippen molar-refractivity contribution in [3.8, 4) is 0 Å². The number of carbonyl (C=O) groups excluding carboxylic acids is 1. The number of hydrogen-bond acceptors (Lipinski definition) is 2. The predicted molar refractivity (Wildman–Crippen MR) is 83.2 cm³/mol. The minimum absolute atomic E-state index is 0.0351. The van der Waals surface area contributed by atoms with Gasteiger partial charge in [-0.05, 0) is 30.5 Å². The maximum Gasteiger partial charge on any atom is 0.252 e. The van der Waals surface area contributed by atoms with Gasteiger partial charge in [0.25, 0.3) is 5.91 Å². The molecule has 1 atom stereocenters. The third-order valence-corrected chi connectivity index (χ3v) is 3.43. The molecule has 1 aromatic carbocycles. The molecule has 0 aliphatic heterocycles. The van der Waals surface area contributed by atoms with E-state index in [1.807, 2.05) is 30.3 Å². The van der Waals surface area contributed by atoms with Crippen LogP contribution >= 0.6 is 11.6 Å². The third-order valence-electron chi connectivity index (χ3n) is 3.10. The van der Waals surface area contributed by atoms with Gasteiger partial charge in [-0.2, -0.15) is 0 Å². The standard InChI is InChI=1S/C16H19ClN2O/c1-11(2)9-12(17)10-19-16(20)14-5-3-7-15-13(14)6-4-8-18-15/h3-8,11-12H,9-10H2,1-2H3,(H,19,20). The van der Waals surface area contributed by atoms with Crippen LogP contribution in [0.1, 0.15) is 30.6 Å². The Morgan fingerprint density at radius 3 is 2.85 bits per heavy atom. The van der Waals surface area contributed by atoms with Gasteiger partial charge in [0.1, 0.15) is 0 Å². The molecule has 106 valence electrons. The first-order chi connectivity index (χ1) is 9.58. The number of benzene rings is 1. The Labute approximate surface area is 124 Å². The normalized spacial score (nSPS) is 12.6. The van der Waals surface area contributed by atoms with Crippen molar-refractivity contribution < 1.29 is 4.79 Å². The zero-order valence-corrected chi connectivity index (χ0v) is 12.5. The first kappa shape index (κ1) is 14.8. The average Bonchev–Trinajstić information content (AvgIpc) is 2.43. The first-order valence-electron chi connectivity index (χ1n) is 6.84.